The van der Waals surface area contributed by atoms with E-state index in [1.165, 1.54) is 0 Å². The van der Waals surface area contributed by atoms with Gasteiger partial charge in [0.2, 0.25) is 0 Å². The first-order valence-electron chi connectivity index (χ1n) is 9.15. The molecule has 7 nitrogen and oxygen atoms in total. The van der Waals surface area contributed by atoms with Gasteiger partial charge >= 0.3 is 17.8 Å². The van der Waals surface area contributed by atoms with Crippen LogP contribution in [0, 0.1) is 11.8 Å². The van der Waals surface area contributed by atoms with E-state index in [0.29, 0.717) is 29.2 Å². The molecule has 148 valence electrons. The first-order chi connectivity index (χ1) is 12.9. The van der Waals surface area contributed by atoms with Gasteiger partial charge in [0, 0.05) is 10.7 Å². The van der Waals surface area contributed by atoms with Gasteiger partial charge in [-0.1, -0.05) is 24.6 Å². The van der Waals surface area contributed by atoms with Gasteiger partial charge in [0.25, 0.3) is 0 Å². The minimum absolute atomic E-state index is 0.0901. The molecule has 1 aliphatic rings. The fraction of sp³-hybridized carbons (Fsp3) is 0.526. The summed E-state index contributed by atoms with van der Waals surface area (Å²) in [6.45, 7) is 4.16. The number of ether oxygens (including phenoxy) is 1. The standard InChI is InChI=1S/C19H26ClN3O4/c1-3-27-19(26)11(2)12-4-6-13(7-5-12)15-9-8-14(10-16(15)20)22-17(24)18(25)23-21/h8-13H,3-7,21H2,1-2H3,(H,22,24)(H,23,25). The molecule has 0 bridgehead atoms. The van der Waals surface area contributed by atoms with E-state index in [-0.39, 0.29) is 11.9 Å². The minimum Gasteiger partial charge on any atom is -0.466 e. The summed E-state index contributed by atoms with van der Waals surface area (Å²) >= 11 is 6.40. The number of esters is 1. The highest BCUT2D eigenvalue weighted by Gasteiger charge is 2.31. The van der Waals surface area contributed by atoms with Crippen LogP contribution in [0.15, 0.2) is 18.2 Å². The zero-order valence-electron chi connectivity index (χ0n) is 15.6. The number of halogens is 1. The van der Waals surface area contributed by atoms with Crippen LogP contribution in [0.4, 0.5) is 5.69 Å². The van der Waals surface area contributed by atoms with E-state index in [9.17, 15) is 14.4 Å². The molecule has 1 atom stereocenters. The third kappa shape index (κ3) is 5.43. The van der Waals surface area contributed by atoms with Crippen molar-refractivity contribution in [2.75, 3.05) is 11.9 Å². The fourth-order valence-corrected chi connectivity index (χ4v) is 3.92. The predicted molar refractivity (Wildman–Crippen MR) is 103 cm³/mol. The van der Waals surface area contributed by atoms with Gasteiger partial charge in [0.15, 0.2) is 0 Å². The lowest BCUT2D eigenvalue weighted by Crippen LogP contribution is -2.39. The first-order valence-corrected chi connectivity index (χ1v) is 9.53. The molecular formula is C19H26ClN3O4. The fourth-order valence-electron chi connectivity index (χ4n) is 3.59. The molecule has 0 aromatic heterocycles. The molecule has 0 radical (unpaired) electrons. The molecule has 2 rings (SSSR count). The number of amides is 2. The van der Waals surface area contributed by atoms with Crippen molar-refractivity contribution < 1.29 is 19.1 Å². The van der Waals surface area contributed by atoms with E-state index < -0.39 is 11.8 Å². The highest BCUT2D eigenvalue weighted by atomic mass is 35.5. The predicted octanol–water partition coefficient (Wildman–Crippen LogP) is 2.74. The van der Waals surface area contributed by atoms with Crippen molar-refractivity contribution in [2.45, 2.75) is 45.4 Å². The van der Waals surface area contributed by atoms with Gasteiger partial charge < -0.3 is 10.1 Å². The summed E-state index contributed by atoms with van der Waals surface area (Å²) in [6, 6.07) is 5.22. The zero-order valence-corrected chi connectivity index (χ0v) is 16.3. The average Bonchev–Trinajstić information content (AvgIpc) is 2.67. The van der Waals surface area contributed by atoms with Crippen molar-refractivity contribution in [2.24, 2.45) is 17.7 Å². The molecule has 0 aliphatic heterocycles. The summed E-state index contributed by atoms with van der Waals surface area (Å²) in [6.07, 6.45) is 3.76. The highest BCUT2D eigenvalue weighted by Crippen LogP contribution is 2.41. The second-order valence-corrected chi connectivity index (χ2v) is 7.22. The monoisotopic (exact) mass is 395 g/mol. The van der Waals surface area contributed by atoms with E-state index >= 15 is 0 Å². The van der Waals surface area contributed by atoms with E-state index in [2.05, 4.69) is 5.32 Å². The number of hydrogen-bond donors (Lipinski definition) is 3. The van der Waals surface area contributed by atoms with Crippen LogP contribution in [-0.4, -0.2) is 24.4 Å². The van der Waals surface area contributed by atoms with Crippen LogP contribution in [0.1, 0.15) is 51.0 Å². The number of rotatable bonds is 5. The van der Waals surface area contributed by atoms with E-state index in [4.69, 9.17) is 22.2 Å². The first kappa shape index (κ1) is 21.2. The molecule has 1 fully saturated rings. The summed E-state index contributed by atoms with van der Waals surface area (Å²) in [5.41, 5.74) is 3.22. The Morgan fingerprint density at radius 1 is 1.22 bits per heavy atom. The largest absolute Gasteiger partial charge is 0.466 e. The molecule has 27 heavy (non-hydrogen) atoms. The molecule has 1 aromatic rings. The quantitative estimate of drug-likeness (QED) is 0.233. The summed E-state index contributed by atoms with van der Waals surface area (Å²) in [7, 11) is 0. The van der Waals surface area contributed by atoms with Gasteiger partial charge in [-0.25, -0.2) is 5.84 Å². The Balaban J connectivity index is 1.97. The van der Waals surface area contributed by atoms with Crippen LogP contribution >= 0.6 is 11.6 Å². The van der Waals surface area contributed by atoms with Gasteiger partial charge in [0.05, 0.1) is 12.5 Å². The molecule has 1 aliphatic carbocycles. The Morgan fingerprint density at radius 3 is 2.44 bits per heavy atom. The molecule has 1 unspecified atom stereocenters. The molecule has 0 spiro atoms. The van der Waals surface area contributed by atoms with Crippen LogP contribution in [0.5, 0.6) is 0 Å². The van der Waals surface area contributed by atoms with Crippen LogP contribution in [0.3, 0.4) is 0 Å². The minimum atomic E-state index is -0.927. The average molecular weight is 396 g/mol. The summed E-state index contributed by atoms with van der Waals surface area (Å²) in [4.78, 5) is 34.7. The Labute approximate surface area is 163 Å². The van der Waals surface area contributed by atoms with Crippen LogP contribution in [-0.2, 0) is 19.1 Å². The molecule has 1 saturated carbocycles. The summed E-state index contributed by atoms with van der Waals surface area (Å²) < 4.78 is 5.13. The number of hydrazine groups is 1. The molecule has 0 heterocycles. The normalized spacial score (nSPS) is 20.4. The second-order valence-electron chi connectivity index (χ2n) is 6.82. The Morgan fingerprint density at radius 2 is 1.89 bits per heavy atom. The lowest BCUT2D eigenvalue weighted by molar-refractivity contribution is -0.149. The number of anilines is 1. The molecule has 4 N–H and O–H groups in total. The maximum atomic E-state index is 11.9. The van der Waals surface area contributed by atoms with E-state index in [1.807, 2.05) is 19.9 Å². The van der Waals surface area contributed by atoms with Crippen molar-refractivity contribution in [1.29, 1.82) is 0 Å². The number of nitrogens with one attached hydrogen (secondary N) is 2. The van der Waals surface area contributed by atoms with Gasteiger partial charge in [-0.3, -0.25) is 19.8 Å². The van der Waals surface area contributed by atoms with Gasteiger partial charge in [-0.05, 0) is 62.1 Å². The molecule has 8 heteroatoms. The van der Waals surface area contributed by atoms with Crippen LogP contribution in [0.25, 0.3) is 0 Å². The highest BCUT2D eigenvalue weighted by molar-refractivity contribution is 6.39. The van der Waals surface area contributed by atoms with Crippen molar-refractivity contribution in [3.05, 3.63) is 28.8 Å². The van der Waals surface area contributed by atoms with Gasteiger partial charge in [-0.2, -0.15) is 0 Å². The number of benzene rings is 1. The summed E-state index contributed by atoms with van der Waals surface area (Å²) in [5, 5.41) is 2.99. The number of carbonyl (C=O) groups is 3. The van der Waals surface area contributed by atoms with Gasteiger partial charge in [0.1, 0.15) is 0 Å². The molecular weight excluding hydrogens is 370 g/mol. The SMILES string of the molecule is CCOC(=O)C(C)C1CCC(c2ccc(NC(=O)C(=O)NN)cc2Cl)CC1. The molecule has 1 aromatic carbocycles. The topological polar surface area (TPSA) is 111 Å². The summed E-state index contributed by atoms with van der Waals surface area (Å²) in [5.74, 6) is 3.57. The molecule has 2 amide bonds. The number of carbonyl (C=O) groups excluding carboxylic acids is 3. The smallest absolute Gasteiger partial charge is 0.323 e. The lowest BCUT2D eigenvalue weighted by Gasteiger charge is -2.32. The van der Waals surface area contributed by atoms with E-state index in [0.717, 1.165) is 31.2 Å². The molecule has 0 saturated heterocycles. The maximum absolute atomic E-state index is 11.9. The van der Waals surface area contributed by atoms with Crippen molar-refractivity contribution in [3.63, 3.8) is 0 Å². The number of nitrogens with two attached hydrogens (primary N) is 1. The zero-order chi connectivity index (χ0) is 20.0. The Kier molecular flexibility index (Phi) is 7.62. The Bertz CT molecular complexity index is 702. The maximum Gasteiger partial charge on any atom is 0.323 e. The second kappa shape index (κ2) is 9.71. The van der Waals surface area contributed by atoms with Crippen molar-refractivity contribution in [3.8, 4) is 0 Å². The number of hydrogen-bond acceptors (Lipinski definition) is 5. The van der Waals surface area contributed by atoms with Crippen LogP contribution < -0.4 is 16.6 Å². The third-order valence-corrected chi connectivity index (χ3v) is 5.50. The van der Waals surface area contributed by atoms with Crippen molar-refractivity contribution >= 4 is 35.1 Å². The lowest BCUT2D eigenvalue weighted by atomic mass is 9.74. The van der Waals surface area contributed by atoms with E-state index in [1.54, 1.807) is 17.6 Å². The van der Waals surface area contributed by atoms with Crippen molar-refractivity contribution in [1.82, 2.24) is 5.43 Å². The Hall–Kier alpha value is -2.12. The van der Waals surface area contributed by atoms with Crippen LogP contribution in [0.2, 0.25) is 5.02 Å². The van der Waals surface area contributed by atoms with Gasteiger partial charge in [-0.15, -0.1) is 0 Å². The third-order valence-electron chi connectivity index (χ3n) is 5.17.